The van der Waals surface area contributed by atoms with Crippen LogP contribution in [-0.2, 0) is 123 Å². The zero-order chi connectivity index (χ0) is 99.0. The summed E-state index contributed by atoms with van der Waals surface area (Å²) < 4.78 is 0. The first kappa shape index (κ1) is 111. The van der Waals surface area contributed by atoms with E-state index in [-0.39, 0.29) is 12.0 Å². The molecule has 53 heteroatoms. The summed E-state index contributed by atoms with van der Waals surface area (Å²) in [6, 6.07) is -17.8. The number of carbonyl (C=O) groups excluding carboxylic acids is 18. The second-order valence-corrected chi connectivity index (χ2v) is 30.7. The molecule has 2 aromatic carbocycles. The number of hydrogen-bond acceptors (Lipinski definition) is 29. The lowest BCUT2D eigenvalue weighted by atomic mass is 9.99. The minimum Gasteiger partial charge on any atom is -0.481 e. The predicted octanol–water partition coefficient (Wildman–Crippen LogP) is -12.6. The Balaban J connectivity index is 1.99. The summed E-state index contributed by atoms with van der Waals surface area (Å²) in [5.41, 5.74) is 22.8. The highest BCUT2D eigenvalue weighted by Crippen LogP contribution is 2.21. The van der Waals surface area contributed by atoms with Crippen molar-refractivity contribution < 1.29 is 161 Å². The van der Waals surface area contributed by atoms with Crippen molar-refractivity contribution in [3.8, 4) is 0 Å². The number of carbonyl (C=O) groups is 23. The number of rotatable bonds is 60. The van der Waals surface area contributed by atoms with E-state index in [4.69, 9.17) is 22.9 Å². The van der Waals surface area contributed by atoms with Gasteiger partial charge in [0.15, 0.2) is 0 Å². The number of aromatic amines is 1. The number of carboxylic acid groups (broad SMARTS) is 5. The first-order valence-corrected chi connectivity index (χ1v) is 40.4. The second kappa shape index (κ2) is 54.7. The van der Waals surface area contributed by atoms with E-state index in [1.54, 1.807) is 24.3 Å². The van der Waals surface area contributed by atoms with Crippen LogP contribution in [0.25, 0.3) is 10.9 Å². The maximum absolute atomic E-state index is 14.7. The molecule has 1 aromatic heterocycles. The lowest BCUT2D eigenvalue weighted by Crippen LogP contribution is -2.62. The third-order valence-corrected chi connectivity index (χ3v) is 19.3. The molecule has 34 N–H and O–H groups in total. The summed E-state index contributed by atoms with van der Waals surface area (Å²) >= 11 is 0. The van der Waals surface area contributed by atoms with Crippen molar-refractivity contribution in [2.75, 3.05) is 26.4 Å². The van der Waals surface area contributed by atoms with E-state index in [9.17, 15) is 161 Å². The number of aliphatic hydroxyl groups excluding tert-OH is 5. The smallest absolute Gasteiger partial charge is 0.328 e. The lowest BCUT2D eigenvalue weighted by Gasteiger charge is -2.29. The summed E-state index contributed by atoms with van der Waals surface area (Å²) in [4.78, 5) is 310. The number of nitrogens with two attached hydrogens (primary N) is 4. The van der Waals surface area contributed by atoms with Crippen molar-refractivity contribution in [1.82, 2.24) is 84.7 Å². The fourth-order valence-corrected chi connectivity index (χ4v) is 12.3. The standard InChI is InChI=1S/C78H112N20O33/c1-33(2)21-43(87-63(115)40(15-18-54(79)104)85-73(125)50(29-99)96-74(126)51(30-100)94-69(121)46(24-55(80)105)89-65(117)42(17-20-58(109)110)86-76(128)61(82)35(5)103)66(118)92-48(26-59(111)112)71(123)88-44(22-36-11-7-6-8-12-36)67(119)84-41(16-19-57(107)108)64(116)91-49(27-60(113)114)72(124)98-62(34(3)4)77(129)93-45(23-37-28-83-39-14-10-9-13-38(37)39)68(120)90-47(25-56(81)106)70(122)95-52(31-101)75(127)97-53(32-102)78(130)131/h6-14,28,33-35,40-53,61-62,83,99-103H,15-27,29-32,82H2,1-5H3,(H2,79,104)(H2,80,105)(H2,81,106)(H,84,119)(H,85,125)(H,86,128)(H,87,115)(H,88,123)(H,89,117)(H,90,120)(H,91,116)(H,92,118)(H,93,129)(H,94,121)(H,95,122)(H,96,126)(H,97,127)(H,98,124)(H,107,108)(H,109,110)(H,111,112)(H,113,114)(H,130,131)/t35-,40+,41+,42+,43+,44+,45+,46+,47+,48+,49+,50+,51+,52+,53+,61+,62+/m1/s1. The fourth-order valence-electron chi connectivity index (χ4n) is 12.3. The summed E-state index contributed by atoms with van der Waals surface area (Å²) in [6.07, 6.45) is -10.8. The maximum Gasteiger partial charge on any atom is 0.328 e. The van der Waals surface area contributed by atoms with Crippen LogP contribution < -0.4 is 103 Å². The minimum absolute atomic E-state index is 0.228. The number of carboxylic acids is 5. The molecule has 0 aliphatic rings. The van der Waals surface area contributed by atoms with Gasteiger partial charge in [0.05, 0.1) is 58.2 Å². The van der Waals surface area contributed by atoms with Gasteiger partial charge in [0.25, 0.3) is 0 Å². The molecule has 1 heterocycles. The van der Waals surface area contributed by atoms with E-state index in [1.807, 2.05) is 26.6 Å². The molecule has 0 aliphatic carbocycles. The normalized spacial score (nSPS) is 15.0. The molecule has 0 aliphatic heterocycles. The molecular formula is C78H112N20O33. The second-order valence-electron chi connectivity index (χ2n) is 30.7. The molecule has 17 atom stereocenters. The molecule has 0 saturated carbocycles. The largest absolute Gasteiger partial charge is 0.481 e. The highest BCUT2D eigenvalue weighted by Gasteiger charge is 2.41. The molecule has 53 nitrogen and oxygen atoms in total. The molecule has 722 valence electrons. The van der Waals surface area contributed by atoms with Gasteiger partial charge in [-0.05, 0) is 61.6 Å². The first-order chi connectivity index (χ1) is 61.4. The number of aliphatic hydroxyl groups is 5. The molecule has 0 fully saturated rings. The highest BCUT2D eigenvalue weighted by atomic mass is 16.4. The van der Waals surface area contributed by atoms with Gasteiger partial charge in [-0.1, -0.05) is 76.2 Å². The Morgan fingerprint density at radius 2 is 0.641 bits per heavy atom. The molecule has 0 saturated heterocycles. The van der Waals surface area contributed by atoms with Crippen molar-refractivity contribution in [1.29, 1.82) is 0 Å². The summed E-state index contributed by atoms with van der Waals surface area (Å²) in [7, 11) is 0. The van der Waals surface area contributed by atoms with Crippen LogP contribution in [0.15, 0.2) is 60.8 Å². The zero-order valence-electron chi connectivity index (χ0n) is 71.4. The number of hydrogen-bond donors (Lipinski definition) is 30. The Bertz CT molecular complexity index is 4610. The van der Waals surface area contributed by atoms with E-state index < -0.39 is 354 Å². The predicted molar refractivity (Wildman–Crippen MR) is 445 cm³/mol. The molecule has 0 bridgehead atoms. The van der Waals surface area contributed by atoms with Crippen LogP contribution in [0.5, 0.6) is 0 Å². The Morgan fingerprint density at radius 3 is 1.02 bits per heavy atom. The number of nitrogens with one attached hydrogen (secondary N) is 16. The topological polar surface area (TPSA) is 895 Å². The van der Waals surface area contributed by atoms with E-state index in [1.165, 1.54) is 64.2 Å². The number of primary amides is 3. The lowest BCUT2D eigenvalue weighted by molar-refractivity contribution is -0.144. The van der Waals surface area contributed by atoms with Gasteiger partial charge in [0.2, 0.25) is 106 Å². The third-order valence-electron chi connectivity index (χ3n) is 19.3. The number of fused-ring (bicyclic) bond motifs is 1. The van der Waals surface area contributed by atoms with Gasteiger partial charge in [-0.2, -0.15) is 0 Å². The molecule has 0 radical (unpaired) electrons. The minimum atomic E-state index is -2.25. The molecule has 3 rings (SSSR count). The summed E-state index contributed by atoms with van der Waals surface area (Å²) in [5, 5.41) is 131. The average Bonchev–Trinajstić information content (AvgIpc) is 1.60. The average molecular weight is 1860 g/mol. The van der Waals surface area contributed by atoms with Crippen LogP contribution >= 0.6 is 0 Å². The van der Waals surface area contributed by atoms with E-state index in [2.05, 4.69) is 58.2 Å². The number of amides is 18. The molecule has 3 aromatic rings. The molecule has 0 unspecified atom stereocenters. The van der Waals surface area contributed by atoms with E-state index >= 15 is 0 Å². The quantitative estimate of drug-likeness (QED) is 0.0249. The number of para-hydroxylation sites is 1. The Labute approximate surface area is 744 Å². The van der Waals surface area contributed by atoms with E-state index in [0.717, 1.165) is 6.92 Å². The van der Waals surface area contributed by atoms with Crippen LogP contribution in [0.3, 0.4) is 0 Å². The summed E-state index contributed by atoms with van der Waals surface area (Å²) in [6.45, 7) is 1.84. The van der Waals surface area contributed by atoms with Crippen molar-refractivity contribution in [2.24, 2.45) is 34.8 Å². The Morgan fingerprint density at radius 1 is 0.328 bits per heavy atom. The summed E-state index contributed by atoms with van der Waals surface area (Å²) in [5.74, 6) is -34.1. The molecular weight excluding hydrogens is 1740 g/mol. The number of benzene rings is 2. The molecule has 0 spiro atoms. The van der Waals surface area contributed by atoms with Crippen LogP contribution in [0, 0.1) is 11.8 Å². The Hall–Kier alpha value is -14.4. The first-order valence-electron chi connectivity index (χ1n) is 40.4. The van der Waals surface area contributed by atoms with E-state index in [0.29, 0.717) is 16.5 Å². The van der Waals surface area contributed by atoms with Gasteiger partial charge in [-0.15, -0.1) is 0 Å². The van der Waals surface area contributed by atoms with Crippen LogP contribution in [0.1, 0.15) is 116 Å². The van der Waals surface area contributed by atoms with Crippen LogP contribution in [0.2, 0.25) is 0 Å². The van der Waals surface area contributed by atoms with Crippen molar-refractivity contribution in [3.05, 3.63) is 71.9 Å². The van der Waals surface area contributed by atoms with Gasteiger partial charge in [0, 0.05) is 49.2 Å². The maximum atomic E-state index is 14.7. The van der Waals surface area contributed by atoms with Gasteiger partial charge in [-0.25, -0.2) is 4.79 Å². The fraction of sp³-hybridized carbons (Fsp3) is 0.526. The molecule has 131 heavy (non-hydrogen) atoms. The van der Waals surface area contributed by atoms with Gasteiger partial charge < -0.3 is 159 Å². The number of aliphatic carboxylic acids is 5. The van der Waals surface area contributed by atoms with Crippen molar-refractivity contribution >= 4 is 147 Å². The van der Waals surface area contributed by atoms with Crippen LogP contribution in [0.4, 0.5) is 0 Å². The van der Waals surface area contributed by atoms with Crippen molar-refractivity contribution in [3.63, 3.8) is 0 Å². The molecule has 18 amide bonds. The highest BCUT2D eigenvalue weighted by molar-refractivity contribution is 6.03. The third kappa shape index (κ3) is 38.6. The van der Waals surface area contributed by atoms with Crippen LogP contribution in [-0.4, -0.2) is 321 Å². The van der Waals surface area contributed by atoms with Gasteiger partial charge in [0.1, 0.15) is 96.7 Å². The van der Waals surface area contributed by atoms with Gasteiger partial charge >= 0.3 is 29.8 Å². The van der Waals surface area contributed by atoms with Crippen molar-refractivity contribution in [2.45, 2.75) is 221 Å². The zero-order valence-corrected chi connectivity index (χ0v) is 71.4. The number of aromatic nitrogens is 1. The Kier molecular flexibility index (Phi) is 46.2. The van der Waals surface area contributed by atoms with Gasteiger partial charge in [-0.3, -0.25) is 105 Å². The number of H-pyrrole nitrogens is 1. The SMILES string of the molecule is CC(C)C[C@H](NC(=O)[C@H](CCC(N)=O)NC(=O)[C@H](CO)NC(=O)[C@H](CO)NC(=O)[C@H](CC(N)=O)NC(=O)[C@H](CCC(=O)O)NC(=O)[C@@H](N)[C@@H](C)O)C(=O)N[C@@H](CC(=O)O)C(=O)N[C@@H](Cc1ccccc1)C(=O)N[C@@H](CCC(=O)O)C(=O)N[C@@H](CC(=O)O)C(=O)N[C@H](C(=O)N[C@@H](Cc1c[nH]c2ccccc12)C(=O)N[C@@H](CC(N)=O)C(=O)N[C@@H](CO)C(=O)N[C@@H](CO)C(=O)O)C(C)C. The monoisotopic (exact) mass is 1860 g/mol.